The fourth-order valence-electron chi connectivity index (χ4n) is 5.34. The molecule has 0 radical (unpaired) electrons. The van der Waals surface area contributed by atoms with E-state index in [0.717, 1.165) is 27.9 Å². The van der Waals surface area contributed by atoms with Gasteiger partial charge in [0.1, 0.15) is 17.3 Å². The van der Waals surface area contributed by atoms with E-state index in [9.17, 15) is 14.0 Å². The molecule has 1 aliphatic heterocycles. The first kappa shape index (κ1) is 28.2. The Morgan fingerprint density at radius 2 is 2.00 bits per heavy atom. The van der Waals surface area contributed by atoms with E-state index in [1.807, 2.05) is 36.1 Å². The molecule has 0 bridgehead atoms. The number of amides is 2. The predicted octanol–water partition coefficient (Wildman–Crippen LogP) is 3.86. The zero-order chi connectivity index (χ0) is 29.1. The summed E-state index contributed by atoms with van der Waals surface area (Å²) in [6.07, 6.45) is 2.76. The number of rotatable bonds is 8. The standard InChI is InChI=1S/C30H33FN6O4/c1-18-14-19(12-13-32-18)28-22-15-20(8-10-25(22)34-35-28)29(38)33-21-9-11-26(30(39)36(2)41-4)37(16-21)17-23-24(31)6-5-7-27(23)40-3/h5-8,10,12-15,21,26H,9,11,16-17H2,1-4H3,(H,33,38)(H,34,35)/t21-,26+/m1/s1. The lowest BCUT2D eigenvalue weighted by atomic mass is 9.96. The van der Waals surface area contributed by atoms with E-state index in [0.29, 0.717) is 36.3 Å². The monoisotopic (exact) mass is 560 g/mol. The number of hydrogen-bond acceptors (Lipinski definition) is 7. The molecular formula is C30H33FN6O4. The van der Waals surface area contributed by atoms with Crippen LogP contribution < -0.4 is 10.1 Å². The molecular weight excluding hydrogens is 527 g/mol. The number of carbonyl (C=O) groups excluding carboxylic acids is 2. The quantitative estimate of drug-likeness (QED) is 0.315. The van der Waals surface area contributed by atoms with Crippen molar-refractivity contribution in [3.05, 3.63) is 77.4 Å². The first-order valence-electron chi connectivity index (χ1n) is 13.4. The van der Waals surface area contributed by atoms with Crippen LogP contribution in [0.4, 0.5) is 4.39 Å². The Morgan fingerprint density at radius 1 is 1.17 bits per heavy atom. The highest BCUT2D eigenvalue weighted by atomic mass is 19.1. The molecule has 4 aromatic rings. The third-order valence-corrected chi connectivity index (χ3v) is 7.54. The number of hydroxylamine groups is 2. The number of fused-ring (bicyclic) bond motifs is 1. The highest BCUT2D eigenvalue weighted by molar-refractivity contribution is 6.01. The van der Waals surface area contributed by atoms with Gasteiger partial charge in [0.15, 0.2) is 0 Å². The normalized spacial score (nSPS) is 17.4. The van der Waals surface area contributed by atoms with Gasteiger partial charge >= 0.3 is 0 Å². The number of benzene rings is 2. The summed E-state index contributed by atoms with van der Waals surface area (Å²) in [7, 11) is 4.45. The van der Waals surface area contributed by atoms with Crippen molar-refractivity contribution < 1.29 is 23.6 Å². The number of carbonyl (C=O) groups is 2. The van der Waals surface area contributed by atoms with Gasteiger partial charge in [-0.2, -0.15) is 5.10 Å². The molecule has 1 fully saturated rings. The molecule has 0 unspecified atom stereocenters. The number of H-pyrrole nitrogens is 1. The van der Waals surface area contributed by atoms with Gasteiger partial charge in [-0.25, -0.2) is 9.45 Å². The van der Waals surface area contributed by atoms with Crippen molar-refractivity contribution >= 4 is 22.7 Å². The van der Waals surface area contributed by atoms with Crippen LogP contribution in [0.3, 0.4) is 0 Å². The van der Waals surface area contributed by atoms with E-state index in [1.54, 1.807) is 31.4 Å². The van der Waals surface area contributed by atoms with Crippen LogP contribution in [-0.2, 0) is 16.2 Å². The zero-order valence-electron chi connectivity index (χ0n) is 23.5. The minimum Gasteiger partial charge on any atom is -0.496 e. The summed E-state index contributed by atoms with van der Waals surface area (Å²) in [6.45, 7) is 2.39. The van der Waals surface area contributed by atoms with Crippen molar-refractivity contribution in [2.24, 2.45) is 0 Å². The topological polar surface area (TPSA) is 113 Å². The highest BCUT2D eigenvalue weighted by Crippen LogP contribution is 2.29. The van der Waals surface area contributed by atoms with Crippen LogP contribution in [0.15, 0.2) is 54.7 Å². The van der Waals surface area contributed by atoms with Gasteiger partial charge in [-0.1, -0.05) is 6.07 Å². The van der Waals surface area contributed by atoms with Crippen LogP contribution >= 0.6 is 0 Å². The molecule has 2 aromatic carbocycles. The maximum atomic E-state index is 14.8. The van der Waals surface area contributed by atoms with Gasteiger partial charge in [0.2, 0.25) is 0 Å². The van der Waals surface area contributed by atoms with Crippen molar-refractivity contribution in [3.8, 4) is 17.0 Å². The fourth-order valence-corrected chi connectivity index (χ4v) is 5.34. The molecule has 2 aromatic heterocycles. The van der Waals surface area contributed by atoms with E-state index >= 15 is 0 Å². The number of aromatic nitrogens is 3. The van der Waals surface area contributed by atoms with Gasteiger partial charge in [-0.15, -0.1) is 0 Å². The lowest BCUT2D eigenvalue weighted by Gasteiger charge is -2.40. The van der Waals surface area contributed by atoms with Gasteiger partial charge in [-0.3, -0.25) is 29.4 Å². The van der Waals surface area contributed by atoms with Gasteiger partial charge in [0, 0.05) is 60.1 Å². The largest absolute Gasteiger partial charge is 0.496 e. The van der Waals surface area contributed by atoms with E-state index in [1.165, 1.54) is 25.3 Å². The molecule has 2 amide bonds. The van der Waals surface area contributed by atoms with Gasteiger partial charge in [0.05, 0.1) is 25.8 Å². The molecule has 1 saturated heterocycles. The second kappa shape index (κ2) is 12.0. The Balaban J connectivity index is 1.37. The number of aromatic amines is 1. The molecule has 2 N–H and O–H groups in total. The molecule has 3 heterocycles. The number of halogens is 1. The van der Waals surface area contributed by atoms with Crippen LogP contribution in [0, 0.1) is 12.7 Å². The third-order valence-electron chi connectivity index (χ3n) is 7.54. The molecule has 41 heavy (non-hydrogen) atoms. The van der Waals surface area contributed by atoms with E-state index in [-0.39, 0.29) is 24.4 Å². The lowest BCUT2D eigenvalue weighted by molar-refractivity contribution is -0.176. The number of ether oxygens (including phenoxy) is 1. The molecule has 5 rings (SSSR count). The van der Waals surface area contributed by atoms with Crippen molar-refractivity contribution in [3.63, 3.8) is 0 Å². The summed E-state index contributed by atoms with van der Waals surface area (Å²) in [5.74, 6) is -0.500. The third kappa shape index (κ3) is 5.91. The number of pyridine rings is 1. The zero-order valence-corrected chi connectivity index (χ0v) is 23.5. The molecule has 0 saturated carbocycles. The number of hydrogen-bond donors (Lipinski definition) is 2. The second-order valence-electron chi connectivity index (χ2n) is 10.2. The van der Waals surface area contributed by atoms with Crippen molar-refractivity contribution in [1.29, 1.82) is 0 Å². The Hall–Kier alpha value is -4.35. The van der Waals surface area contributed by atoms with Crippen LogP contribution in [0.5, 0.6) is 5.75 Å². The van der Waals surface area contributed by atoms with Gasteiger partial charge < -0.3 is 10.1 Å². The Kier molecular flexibility index (Phi) is 8.27. The van der Waals surface area contributed by atoms with Crippen molar-refractivity contribution in [2.45, 2.75) is 38.4 Å². The average molecular weight is 561 g/mol. The maximum Gasteiger partial charge on any atom is 0.263 e. The summed E-state index contributed by atoms with van der Waals surface area (Å²) >= 11 is 0. The van der Waals surface area contributed by atoms with E-state index in [4.69, 9.17) is 9.57 Å². The predicted molar refractivity (Wildman–Crippen MR) is 151 cm³/mol. The minimum absolute atomic E-state index is 0.131. The SMILES string of the molecule is COc1cccc(F)c1CN1C[C@H](NC(=O)c2ccc3[nH]nc(-c4ccnc(C)c4)c3c2)CC[C@H]1C(=O)N(C)OC. The number of likely N-dealkylation sites (tertiary alicyclic amines) is 1. The fraction of sp³-hybridized carbons (Fsp3) is 0.333. The van der Waals surface area contributed by atoms with E-state index in [2.05, 4.69) is 20.5 Å². The molecule has 1 aliphatic rings. The molecule has 214 valence electrons. The van der Waals surface area contributed by atoms with Crippen LogP contribution in [0.2, 0.25) is 0 Å². The van der Waals surface area contributed by atoms with E-state index < -0.39 is 11.9 Å². The smallest absolute Gasteiger partial charge is 0.263 e. The Labute approximate surface area is 237 Å². The summed E-state index contributed by atoms with van der Waals surface area (Å²) in [6, 6.07) is 13.1. The average Bonchev–Trinajstić information content (AvgIpc) is 3.41. The minimum atomic E-state index is -0.550. The van der Waals surface area contributed by atoms with Crippen molar-refractivity contribution in [1.82, 2.24) is 30.5 Å². The molecule has 11 heteroatoms. The first-order valence-corrected chi connectivity index (χ1v) is 13.4. The highest BCUT2D eigenvalue weighted by Gasteiger charge is 2.36. The Bertz CT molecular complexity index is 1570. The van der Waals surface area contributed by atoms with Gasteiger partial charge in [0.25, 0.3) is 11.8 Å². The maximum absolute atomic E-state index is 14.8. The number of methoxy groups -OCH3 is 1. The van der Waals surface area contributed by atoms with Crippen LogP contribution in [0.25, 0.3) is 22.2 Å². The Morgan fingerprint density at radius 3 is 2.76 bits per heavy atom. The molecule has 0 aliphatic carbocycles. The summed E-state index contributed by atoms with van der Waals surface area (Å²) in [5.41, 5.74) is 4.18. The number of nitrogens with one attached hydrogen (secondary N) is 2. The first-order chi connectivity index (χ1) is 19.8. The summed E-state index contributed by atoms with van der Waals surface area (Å²) in [4.78, 5) is 37.8. The molecule has 10 nitrogen and oxygen atoms in total. The molecule has 2 atom stereocenters. The number of likely N-dealkylation sites (N-methyl/N-ethyl adjacent to an activating group) is 1. The number of nitrogens with zero attached hydrogens (tertiary/aromatic N) is 4. The van der Waals surface area contributed by atoms with Crippen LogP contribution in [-0.4, -0.2) is 76.9 Å². The summed E-state index contributed by atoms with van der Waals surface area (Å²) in [5, 5.41) is 12.6. The summed E-state index contributed by atoms with van der Waals surface area (Å²) < 4.78 is 20.2. The van der Waals surface area contributed by atoms with Crippen molar-refractivity contribution in [2.75, 3.05) is 27.8 Å². The molecule has 0 spiro atoms. The number of piperidine rings is 1. The second-order valence-corrected chi connectivity index (χ2v) is 10.2. The van der Waals surface area contributed by atoms with Gasteiger partial charge in [-0.05, 0) is 62.2 Å². The number of aryl methyl sites for hydroxylation is 1. The lowest BCUT2D eigenvalue weighted by Crippen LogP contribution is -2.56. The van der Waals surface area contributed by atoms with Crippen LogP contribution in [0.1, 0.15) is 34.5 Å².